The molecule has 15 heavy (non-hydrogen) atoms. The van der Waals surface area contributed by atoms with Crippen LogP contribution in [0.1, 0.15) is 23.3 Å². The lowest BCUT2D eigenvalue weighted by molar-refractivity contribution is 0.0691. The van der Waals surface area contributed by atoms with Crippen molar-refractivity contribution in [1.82, 2.24) is 4.98 Å². The topological polar surface area (TPSA) is 96.4 Å². The van der Waals surface area contributed by atoms with Crippen molar-refractivity contribution in [2.75, 3.05) is 4.72 Å². The van der Waals surface area contributed by atoms with E-state index in [9.17, 15) is 13.2 Å². The zero-order chi connectivity index (χ0) is 11.1. The van der Waals surface area contributed by atoms with Crippen molar-refractivity contribution >= 4 is 32.5 Å². The summed E-state index contributed by atoms with van der Waals surface area (Å²) >= 11 is 0.968. The fourth-order valence-corrected chi connectivity index (χ4v) is 3.28. The molecule has 8 heteroatoms. The predicted octanol–water partition coefficient (Wildman–Crippen LogP) is 0.745. The minimum atomic E-state index is -3.35. The second kappa shape index (κ2) is 3.46. The van der Waals surface area contributed by atoms with Gasteiger partial charge >= 0.3 is 5.97 Å². The Morgan fingerprint density at radius 1 is 1.60 bits per heavy atom. The first-order valence-electron chi connectivity index (χ1n) is 4.19. The lowest BCUT2D eigenvalue weighted by Crippen LogP contribution is -2.17. The van der Waals surface area contributed by atoms with Crippen molar-refractivity contribution in [1.29, 1.82) is 0 Å². The molecule has 0 saturated heterocycles. The highest BCUT2D eigenvalue weighted by Gasteiger charge is 2.36. The molecule has 0 radical (unpaired) electrons. The maximum Gasteiger partial charge on any atom is 0.355 e. The Bertz CT molecular complexity index is 489. The number of nitrogens with zero attached hydrogens (tertiary/aromatic N) is 1. The molecule has 0 aromatic carbocycles. The monoisotopic (exact) mass is 248 g/mol. The van der Waals surface area contributed by atoms with Gasteiger partial charge in [-0.05, 0) is 12.8 Å². The lowest BCUT2D eigenvalue weighted by Gasteiger charge is -2.01. The van der Waals surface area contributed by atoms with Crippen LogP contribution in [0.3, 0.4) is 0 Å². The zero-order valence-electron chi connectivity index (χ0n) is 7.50. The second-order valence-corrected chi connectivity index (χ2v) is 6.01. The van der Waals surface area contributed by atoms with E-state index in [2.05, 4.69) is 9.71 Å². The molecule has 1 aliphatic carbocycles. The molecule has 1 saturated carbocycles. The van der Waals surface area contributed by atoms with Crippen molar-refractivity contribution in [2.24, 2.45) is 0 Å². The molecule has 2 rings (SSSR count). The van der Waals surface area contributed by atoms with E-state index in [-0.39, 0.29) is 16.1 Å². The standard InChI is InChI=1S/C7H8N2O4S2/c10-6(11)5-3-14-7(8-5)9-15(12,13)4-1-2-4/h3-4H,1-2H2,(H,8,9)(H,10,11). The number of thiazole rings is 1. The number of carbonyl (C=O) groups is 1. The molecule has 0 amide bonds. The number of hydrogen-bond donors (Lipinski definition) is 2. The summed E-state index contributed by atoms with van der Waals surface area (Å²) in [5, 5.41) is 9.66. The molecule has 1 heterocycles. The molecule has 0 spiro atoms. The lowest BCUT2D eigenvalue weighted by atomic mass is 10.5. The molecule has 0 atom stereocenters. The number of sulfonamides is 1. The van der Waals surface area contributed by atoms with Gasteiger partial charge in [-0.2, -0.15) is 0 Å². The number of aromatic nitrogens is 1. The molecule has 1 aromatic heterocycles. The molecule has 0 aliphatic heterocycles. The Morgan fingerprint density at radius 3 is 2.73 bits per heavy atom. The number of carboxylic acid groups (broad SMARTS) is 1. The molecule has 0 bridgehead atoms. The maximum atomic E-state index is 11.4. The van der Waals surface area contributed by atoms with Crippen LogP contribution in [-0.2, 0) is 10.0 Å². The average molecular weight is 248 g/mol. The number of rotatable bonds is 4. The maximum absolute atomic E-state index is 11.4. The van der Waals surface area contributed by atoms with E-state index in [0.29, 0.717) is 12.8 Å². The quantitative estimate of drug-likeness (QED) is 0.819. The fourth-order valence-electron chi connectivity index (χ4n) is 1.00. The van der Waals surface area contributed by atoms with Gasteiger partial charge in [-0.15, -0.1) is 11.3 Å². The number of nitrogens with one attached hydrogen (secondary N) is 1. The Kier molecular flexibility index (Phi) is 2.39. The molecule has 2 N–H and O–H groups in total. The van der Waals surface area contributed by atoms with Crippen molar-refractivity contribution in [2.45, 2.75) is 18.1 Å². The van der Waals surface area contributed by atoms with E-state index in [1.807, 2.05) is 0 Å². The smallest absolute Gasteiger partial charge is 0.355 e. The summed E-state index contributed by atoms with van der Waals surface area (Å²) in [4.78, 5) is 14.1. The molecule has 82 valence electrons. The fraction of sp³-hybridized carbons (Fsp3) is 0.429. The van der Waals surface area contributed by atoms with E-state index < -0.39 is 16.0 Å². The molecule has 1 aromatic rings. The van der Waals surface area contributed by atoms with Crippen LogP contribution in [0, 0.1) is 0 Å². The van der Waals surface area contributed by atoms with Crippen molar-refractivity contribution in [3.8, 4) is 0 Å². The number of carboxylic acids is 1. The van der Waals surface area contributed by atoms with E-state index in [1.165, 1.54) is 5.38 Å². The molecule has 1 aliphatic rings. The predicted molar refractivity (Wildman–Crippen MR) is 54.6 cm³/mol. The molecule has 0 unspecified atom stereocenters. The van der Waals surface area contributed by atoms with E-state index in [0.717, 1.165) is 11.3 Å². The first kappa shape index (κ1) is 10.4. The van der Waals surface area contributed by atoms with Gasteiger partial charge in [-0.3, -0.25) is 4.72 Å². The highest BCUT2D eigenvalue weighted by atomic mass is 32.2. The Labute approximate surface area is 90.0 Å². The summed E-state index contributed by atoms with van der Waals surface area (Å²) in [6.45, 7) is 0. The van der Waals surface area contributed by atoms with E-state index >= 15 is 0 Å². The van der Waals surface area contributed by atoms with Crippen LogP contribution in [0.4, 0.5) is 5.13 Å². The summed E-state index contributed by atoms with van der Waals surface area (Å²) in [5.74, 6) is -1.16. The summed E-state index contributed by atoms with van der Waals surface area (Å²) in [5.41, 5.74) is -0.145. The van der Waals surface area contributed by atoms with Crippen LogP contribution >= 0.6 is 11.3 Å². The third-order valence-electron chi connectivity index (χ3n) is 1.92. The first-order chi connectivity index (χ1) is 6.99. The van der Waals surface area contributed by atoms with Crippen molar-refractivity contribution in [3.63, 3.8) is 0 Å². The van der Waals surface area contributed by atoms with Crippen LogP contribution in [0.15, 0.2) is 5.38 Å². The molecular weight excluding hydrogens is 240 g/mol. The first-order valence-corrected chi connectivity index (χ1v) is 6.62. The summed E-state index contributed by atoms with van der Waals surface area (Å²) in [7, 11) is -3.35. The normalized spacial score (nSPS) is 16.3. The van der Waals surface area contributed by atoms with E-state index in [1.54, 1.807) is 0 Å². The van der Waals surface area contributed by atoms with Gasteiger partial charge in [0.05, 0.1) is 5.25 Å². The van der Waals surface area contributed by atoms with Crippen LogP contribution < -0.4 is 4.72 Å². The largest absolute Gasteiger partial charge is 0.476 e. The van der Waals surface area contributed by atoms with Crippen LogP contribution in [-0.4, -0.2) is 29.7 Å². The number of anilines is 1. The van der Waals surface area contributed by atoms with Gasteiger partial charge in [0.2, 0.25) is 10.0 Å². The highest BCUT2D eigenvalue weighted by molar-refractivity contribution is 7.93. The molecule has 1 fully saturated rings. The Morgan fingerprint density at radius 2 is 2.27 bits per heavy atom. The highest BCUT2D eigenvalue weighted by Crippen LogP contribution is 2.30. The van der Waals surface area contributed by atoms with Gasteiger partial charge in [0.25, 0.3) is 0 Å². The van der Waals surface area contributed by atoms with Gasteiger partial charge in [-0.1, -0.05) is 0 Å². The van der Waals surface area contributed by atoms with Crippen LogP contribution in [0.25, 0.3) is 0 Å². The van der Waals surface area contributed by atoms with Crippen molar-refractivity contribution in [3.05, 3.63) is 11.1 Å². The molecular formula is C7H8N2O4S2. The Hall–Kier alpha value is -1.15. The van der Waals surface area contributed by atoms with Gasteiger partial charge in [-0.25, -0.2) is 18.2 Å². The van der Waals surface area contributed by atoms with Gasteiger partial charge in [0.15, 0.2) is 10.8 Å². The van der Waals surface area contributed by atoms with Crippen LogP contribution in [0.5, 0.6) is 0 Å². The summed E-state index contributed by atoms with van der Waals surface area (Å²) in [6.07, 6.45) is 1.32. The molecule has 6 nitrogen and oxygen atoms in total. The summed E-state index contributed by atoms with van der Waals surface area (Å²) < 4.78 is 25.2. The van der Waals surface area contributed by atoms with Gasteiger partial charge < -0.3 is 5.11 Å². The minimum absolute atomic E-state index is 0.110. The average Bonchev–Trinajstić information content (AvgIpc) is 2.88. The zero-order valence-corrected chi connectivity index (χ0v) is 9.14. The van der Waals surface area contributed by atoms with Gasteiger partial charge in [0.1, 0.15) is 0 Å². The second-order valence-electron chi connectivity index (χ2n) is 3.19. The number of hydrogen-bond acceptors (Lipinski definition) is 5. The summed E-state index contributed by atoms with van der Waals surface area (Å²) in [6, 6.07) is 0. The van der Waals surface area contributed by atoms with E-state index in [4.69, 9.17) is 5.11 Å². The third kappa shape index (κ3) is 2.26. The van der Waals surface area contributed by atoms with Gasteiger partial charge in [0, 0.05) is 5.38 Å². The SMILES string of the molecule is O=C(O)c1csc(NS(=O)(=O)C2CC2)n1. The third-order valence-corrected chi connectivity index (χ3v) is 4.63. The number of aromatic carboxylic acids is 1. The van der Waals surface area contributed by atoms with Crippen molar-refractivity contribution < 1.29 is 18.3 Å². The Balaban J connectivity index is 2.14. The minimum Gasteiger partial charge on any atom is -0.476 e. The van der Waals surface area contributed by atoms with Crippen LogP contribution in [0.2, 0.25) is 0 Å².